The van der Waals surface area contributed by atoms with Gasteiger partial charge in [0, 0.05) is 23.9 Å². The van der Waals surface area contributed by atoms with Crippen LogP contribution < -0.4 is 0 Å². The molecular formula is C12H12ClN3. The fourth-order valence-corrected chi connectivity index (χ4v) is 2.61. The maximum Gasteiger partial charge on any atom is 0.132 e. The summed E-state index contributed by atoms with van der Waals surface area (Å²) in [6.45, 7) is 0.937. The Bertz CT molecular complexity index is 506. The lowest BCUT2D eigenvalue weighted by Gasteiger charge is -2.24. The van der Waals surface area contributed by atoms with Crippen molar-refractivity contribution in [2.24, 2.45) is 0 Å². The SMILES string of the molecule is Clc1ccccc1C1CCc2nncn2C1. The first-order valence-electron chi connectivity index (χ1n) is 5.45. The van der Waals surface area contributed by atoms with E-state index in [1.165, 1.54) is 5.56 Å². The molecule has 0 N–H and O–H groups in total. The van der Waals surface area contributed by atoms with Crippen molar-refractivity contribution in [3.8, 4) is 0 Å². The summed E-state index contributed by atoms with van der Waals surface area (Å²) in [5, 5.41) is 8.89. The largest absolute Gasteiger partial charge is 0.317 e. The first kappa shape index (κ1) is 9.85. The summed E-state index contributed by atoms with van der Waals surface area (Å²) >= 11 is 6.22. The average molecular weight is 234 g/mol. The van der Waals surface area contributed by atoms with Crippen LogP contribution >= 0.6 is 11.6 Å². The van der Waals surface area contributed by atoms with E-state index in [1.807, 2.05) is 18.2 Å². The zero-order valence-electron chi connectivity index (χ0n) is 8.81. The van der Waals surface area contributed by atoms with Crippen molar-refractivity contribution in [1.82, 2.24) is 14.8 Å². The smallest absolute Gasteiger partial charge is 0.132 e. The van der Waals surface area contributed by atoms with Crippen molar-refractivity contribution in [2.75, 3.05) is 0 Å². The van der Waals surface area contributed by atoms with Crippen molar-refractivity contribution in [2.45, 2.75) is 25.3 Å². The van der Waals surface area contributed by atoms with Gasteiger partial charge in [0.05, 0.1) is 0 Å². The van der Waals surface area contributed by atoms with Gasteiger partial charge in [-0.1, -0.05) is 29.8 Å². The van der Waals surface area contributed by atoms with Gasteiger partial charge in [0.15, 0.2) is 0 Å². The van der Waals surface area contributed by atoms with Crippen LogP contribution in [0.2, 0.25) is 5.02 Å². The maximum absolute atomic E-state index is 6.22. The van der Waals surface area contributed by atoms with E-state index in [-0.39, 0.29) is 0 Å². The molecule has 0 saturated heterocycles. The molecule has 0 amide bonds. The third kappa shape index (κ3) is 1.61. The summed E-state index contributed by atoms with van der Waals surface area (Å²) in [5.74, 6) is 1.57. The van der Waals surface area contributed by atoms with Crippen LogP contribution in [0.3, 0.4) is 0 Å². The van der Waals surface area contributed by atoms with Crippen LogP contribution in [0, 0.1) is 0 Å². The molecular weight excluding hydrogens is 222 g/mol. The Kier molecular flexibility index (Phi) is 2.40. The second-order valence-electron chi connectivity index (χ2n) is 4.16. The average Bonchev–Trinajstić information content (AvgIpc) is 2.76. The molecule has 16 heavy (non-hydrogen) atoms. The van der Waals surface area contributed by atoms with E-state index in [9.17, 15) is 0 Å². The Hall–Kier alpha value is -1.35. The highest BCUT2D eigenvalue weighted by Gasteiger charge is 2.22. The molecule has 2 heterocycles. The van der Waals surface area contributed by atoms with Gasteiger partial charge in [-0.2, -0.15) is 0 Å². The summed E-state index contributed by atoms with van der Waals surface area (Å²) in [7, 11) is 0. The molecule has 4 heteroatoms. The summed E-state index contributed by atoms with van der Waals surface area (Å²) < 4.78 is 2.12. The molecule has 1 aromatic carbocycles. The van der Waals surface area contributed by atoms with E-state index in [0.29, 0.717) is 5.92 Å². The molecule has 0 aliphatic carbocycles. The minimum atomic E-state index is 0.484. The molecule has 1 aliphatic heterocycles. The third-order valence-electron chi connectivity index (χ3n) is 3.17. The van der Waals surface area contributed by atoms with Gasteiger partial charge in [-0.15, -0.1) is 10.2 Å². The van der Waals surface area contributed by atoms with Crippen LogP contribution in [0.5, 0.6) is 0 Å². The molecule has 3 nitrogen and oxygen atoms in total. The van der Waals surface area contributed by atoms with Gasteiger partial charge in [0.25, 0.3) is 0 Å². The molecule has 1 unspecified atom stereocenters. The molecule has 1 aromatic heterocycles. The van der Waals surface area contributed by atoms with E-state index in [0.717, 1.165) is 30.2 Å². The van der Waals surface area contributed by atoms with E-state index in [4.69, 9.17) is 11.6 Å². The lowest BCUT2D eigenvalue weighted by Crippen LogP contribution is -2.18. The lowest BCUT2D eigenvalue weighted by atomic mass is 9.91. The van der Waals surface area contributed by atoms with Crippen molar-refractivity contribution >= 4 is 11.6 Å². The Morgan fingerprint density at radius 1 is 1.31 bits per heavy atom. The summed E-state index contributed by atoms with van der Waals surface area (Å²) in [5.41, 5.74) is 1.24. The number of halogens is 1. The minimum absolute atomic E-state index is 0.484. The highest BCUT2D eigenvalue weighted by atomic mass is 35.5. The molecule has 0 fully saturated rings. The molecule has 2 aromatic rings. The van der Waals surface area contributed by atoms with Gasteiger partial charge in [-0.25, -0.2) is 0 Å². The van der Waals surface area contributed by atoms with E-state index < -0.39 is 0 Å². The second-order valence-corrected chi connectivity index (χ2v) is 4.56. The Morgan fingerprint density at radius 3 is 3.06 bits per heavy atom. The zero-order valence-corrected chi connectivity index (χ0v) is 9.56. The number of hydrogen-bond donors (Lipinski definition) is 0. The molecule has 0 radical (unpaired) electrons. The standard InChI is InChI=1S/C12H12ClN3/c13-11-4-2-1-3-10(11)9-5-6-12-15-14-8-16(12)7-9/h1-4,8-9H,5-7H2. The number of benzene rings is 1. The number of aromatic nitrogens is 3. The molecule has 82 valence electrons. The predicted molar refractivity (Wildman–Crippen MR) is 62.5 cm³/mol. The first-order chi connectivity index (χ1) is 7.84. The van der Waals surface area contributed by atoms with Gasteiger partial charge < -0.3 is 4.57 Å². The van der Waals surface area contributed by atoms with E-state index >= 15 is 0 Å². The molecule has 3 rings (SSSR count). The Labute approximate surface area is 99.1 Å². The molecule has 0 bridgehead atoms. The third-order valence-corrected chi connectivity index (χ3v) is 3.52. The molecule has 0 saturated carbocycles. The highest BCUT2D eigenvalue weighted by Crippen LogP contribution is 2.32. The topological polar surface area (TPSA) is 30.7 Å². The van der Waals surface area contributed by atoms with Crippen molar-refractivity contribution in [1.29, 1.82) is 0 Å². The summed E-state index contributed by atoms with van der Waals surface area (Å²) in [4.78, 5) is 0. The zero-order chi connectivity index (χ0) is 11.0. The number of aryl methyl sites for hydroxylation is 1. The number of fused-ring (bicyclic) bond motifs is 1. The fourth-order valence-electron chi connectivity index (χ4n) is 2.32. The van der Waals surface area contributed by atoms with Crippen LogP contribution in [-0.4, -0.2) is 14.8 Å². The summed E-state index contributed by atoms with van der Waals surface area (Å²) in [6, 6.07) is 8.09. The van der Waals surface area contributed by atoms with Crippen LogP contribution in [0.4, 0.5) is 0 Å². The Balaban J connectivity index is 1.92. The lowest BCUT2D eigenvalue weighted by molar-refractivity contribution is 0.456. The first-order valence-corrected chi connectivity index (χ1v) is 5.83. The van der Waals surface area contributed by atoms with Crippen LogP contribution in [0.25, 0.3) is 0 Å². The minimum Gasteiger partial charge on any atom is -0.317 e. The maximum atomic E-state index is 6.22. The Morgan fingerprint density at radius 2 is 2.19 bits per heavy atom. The number of nitrogens with zero attached hydrogens (tertiary/aromatic N) is 3. The molecule has 1 aliphatic rings. The van der Waals surface area contributed by atoms with Crippen LogP contribution in [0.15, 0.2) is 30.6 Å². The van der Waals surface area contributed by atoms with Gasteiger partial charge in [0.2, 0.25) is 0 Å². The van der Waals surface area contributed by atoms with Crippen LogP contribution in [0.1, 0.15) is 23.7 Å². The normalized spacial score (nSPS) is 19.4. The fraction of sp³-hybridized carbons (Fsp3) is 0.333. The van der Waals surface area contributed by atoms with Gasteiger partial charge >= 0.3 is 0 Å². The monoisotopic (exact) mass is 233 g/mol. The van der Waals surface area contributed by atoms with Crippen molar-refractivity contribution in [3.05, 3.63) is 47.0 Å². The second kappa shape index (κ2) is 3.91. The van der Waals surface area contributed by atoms with Crippen molar-refractivity contribution < 1.29 is 0 Å². The van der Waals surface area contributed by atoms with E-state index in [1.54, 1.807) is 6.33 Å². The van der Waals surface area contributed by atoms with Crippen molar-refractivity contribution in [3.63, 3.8) is 0 Å². The summed E-state index contributed by atoms with van der Waals surface area (Å²) in [6.07, 6.45) is 3.89. The van der Waals surface area contributed by atoms with Gasteiger partial charge in [-0.05, 0) is 18.1 Å². The highest BCUT2D eigenvalue weighted by molar-refractivity contribution is 6.31. The molecule has 0 spiro atoms. The quantitative estimate of drug-likeness (QED) is 0.758. The number of hydrogen-bond acceptors (Lipinski definition) is 2. The van der Waals surface area contributed by atoms with Crippen LogP contribution in [-0.2, 0) is 13.0 Å². The van der Waals surface area contributed by atoms with E-state index in [2.05, 4.69) is 20.8 Å². The molecule has 1 atom stereocenters. The van der Waals surface area contributed by atoms with Gasteiger partial charge in [0.1, 0.15) is 12.2 Å². The van der Waals surface area contributed by atoms with Gasteiger partial charge in [-0.3, -0.25) is 0 Å². The number of rotatable bonds is 1. The predicted octanol–water partition coefficient (Wildman–Crippen LogP) is 2.66.